The highest BCUT2D eigenvalue weighted by Gasteiger charge is 1.99. The Morgan fingerprint density at radius 1 is 1.12 bits per heavy atom. The van der Waals surface area contributed by atoms with E-state index in [0.717, 1.165) is 12.5 Å². The Hall–Kier alpha value is -0.235. The molecule has 0 fully saturated rings. The second-order valence-electron chi connectivity index (χ2n) is 5.45. The molecule has 0 aromatic rings. The van der Waals surface area contributed by atoms with E-state index in [0.29, 0.717) is 0 Å². The molecule has 0 spiro atoms. The zero-order valence-corrected chi connectivity index (χ0v) is 12.2. The maximum atomic E-state index is 4.13. The van der Waals surface area contributed by atoms with Crippen LogP contribution in [0, 0.1) is 5.92 Å². The van der Waals surface area contributed by atoms with Gasteiger partial charge in [0.1, 0.15) is 7.28 Å². The third kappa shape index (κ3) is 13.7. The molecule has 0 bridgehead atoms. The van der Waals surface area contributed by atoms with E-state index in [2.05, 4.69) is 33.0 Å². The number of unbranched alkanes of at least 4 members (excludes halogenated alkanes) is 3. The molecule has 0 aromatic carbocycles. The highest BCUT2D eigenvalue weighted by molar-refractivity contribution is 6.44. The minimum absolute atomic E-state index is 0.852. The first-order valence-electron chi connectivity index (χ1n) is 7.32. The maximum Gasteiger partial charge on any atom is 0.145 e. The molecule has 0 saturated carbocycles. The van der Waals surface area contributed by atoms with E-state index in [-0.39, 0.29) is 0 Å². The predicted molar refractivity (Wildman–Crippen MR) is 80.8 cm³/mol. The van der Waals surface area contributed by atoms with Crippen LogP contribution in [0.2, 0.25) is 6.32 Å². The van der Waals surface area contributed by atoms with Crippen molar-refractivity contribution < 1.29 is 0 Å². The summed E-state index contributed by atoms with van der Waals surface area (Å²) in [6, 6.07) is 0. The van der Waals surface area contributed by atoms with Gasteiger partial charge in [-0.25, -0.2) is 0 Å². The second kappa shape index (κ2) is 12.2. The van der Waals surface area contributed by atoms with Gasteiger partial charge in [0.25, 0.3) is 0 Å². The molecule has 0 heterocycles. The van der Waals surface area contributed by atoms with Crippen molar-refractivity contribution in [2.45, 2.75) is 65.1 Å². The molecule has 0 aliphatic heterocycles. The van der Waals surface area contributed by atoms with Crippen molar-refractivity contribution in [3.05, 3.63) is 12.1 Å². The molecule has 0 atom stereocenters. The van der Waals surface area contributed by atoms with Crippen LogP contribution >= 0.6 is 0 Å². The monoisotopic (exact) mass is 236 g/mol. The quantitative estimate of drug-likeness (QED) is 0.395. The molecular weight excluding hydrogens is 205 g/mol. The van der Waals surface area contributed by atoms with Gasteiger partial charge in [-0.15, -0.1) is 12.1 Å². The van der Waals surface area contributed by atoms with Crippen molar-refractivity contribution in [2.75, 3.05) is 13.6 Å². The van der Waals surface area contributed by atoms with E-state index in [4.69, 9.17) is 0 Å². The molecule has 99 valence electrons. The van der Waals surface area contributed by atoms with E-state index in [1.165, 1.54) is 56.7 Å². The summed E-state index contributed by atoms with van der Waals surface area (Å²) in [4.78, 5) is 0. The van der Waals surface area contributed by atoms with E-state index in [1.807, 2.05) is 7.05 Å². The fourth-order valence-electron chi connectivity index (χ4n) is 1.94. The number of hydrogen-bond donors (Lipinski definition) is 1. The molecule has 0 amide bonds. The van der Waals surface area contributed by atoms with Crippen molar-refractivity contribution >= 4 is 7.28 Å². The first kappa shape index (κ1) is 16.8. The summed E-state index contributed by atoms with van der Waals surface area (Å²) in [6.07, 6.45) is 10.4. The van der Waals surface area contributed by atoms with Gasteiger partial charge < -0.3 is 5.32 Å². The molecule has 0 aliphatic rings. The van der Waals surface area contributed by atoms with Gasteiger partial charge in [-0.1, -0.05) is 52.3 Å². The Bertz CT molecular complexity index is 178. The first-order chi connectivity index (χ1) is 8.16. The van der Waals surface area contributed by atoms with Gasteiger partial charge in [0.05, 0.1) is 0 Å². The maximum absolute atomic E-state index is 4.13. The van der Waals surface area contributed by atoms with Crippen LogP contribution in [-0.4, -0.2) is 20.9 Å². The van der Waals surface area contributed by atoms with Gasteiger partial charge in [-0.05, 0) is 32.4 Å². The largest absolute Gasteiger partial charge is 0.320 e. The molecule has 0 rings (SSSR count). The minimum Gasteiger partial charge on any atom is -0.320 e. The van der Waals surface area contributed by atoms with E-state index >= 15 is 0 Å². The average Bonchev–Trinajstić information content (AvgIpc) is 2.28. The highest BCUT2D eigenvalue weighted by Crippen LogP contribution is 2.11. The van der Waals surface area contributed by atoms with Crippen LogP contribution in [0.3, 0.4) is 0 Å². The lowest BCUT2D eigenvalue weighted by molar-refractivity contribution is 0.549. The molecule has 0 saturated heterocycles. The topological polar surface area (TPSA) is 12.0 Å². The summed E-state index contributed by atoms with van der Waals surface area (Å²) in [6.45, 7) is 9.88. The molecule has 1 N–H and O–H groups in total. The summed E-state index contributed by atoms with van der Waals surface area (Å²) < 4.78 is 0. The first-order valence-corrected chi connectivity index (χ1v) is 7.32. The number of hydrogen-bond acceptors (Lipinski definition) is 1. The van der Waals surface area contributed by atoms with Crippen LogP contribution in [0.5, 0.6) is 0 Å². The van der Waals surface area contributed by atoms with Crippen molar-refractivity contribution in [3.63, 3.8) is 0 Å². The minimum atomic E-state index is 0.852. The van der Waals surface area contributed by atoms with Crippen LogP contribution in [0.25, 0.3) is 0 Å². The van der Waals surface area contributed by atoms with Crippen LogP contribution in [-0.2, 0) is 0 Å². The van der Waals surface area contributed by atoms with Crippen LogP contribution < -0.4 is 5.32 Å². The van der Waals surface area contributed by atoms with Gasteiger partial charge in [0, 0.05) is 0 Å². The number of rotatable bonds is 12. The molecule has 2 heteroatoms. The van der Waals surface area contributed by atoms with E-state index in [1.54, 1.807) is 0 Å². The Balaban J connectivity index is 3.18. The predicted octanol–water partition coefficient (Wildman–Crippen LogP) is 4.23. The fourth-order valence-corrected chi connectivity index (χ4v) is 1.94. The molecule has 1 nitrogen and oxygen atoms in total. The molecular formula is C15H31BN. The third-order valence-electron chi connectivity index (χ3n) is 3.09. The van der Waals surface area contributed by atoms with Crippen molar-refractivity contribution in [1.82, 2.24) is 5.32 Å². The second-order valence-corrected chi connectivity index (χ2v) is 5.45. The summed E-state index contributed by atoms with van der Waals surface area (Å²) >= 11 is 0. The lowest BCUT2D eigenvalue weighted by Gasteiger charge is -2.06. The number of nitrogens with one attached hydrogen (secondary N) is 1. The number of allylic oxidation sites excluding steroid dienone is 1. The zero-order valence-electron chi connectivity index (χ0n) is 12.2. The Kier molecular flexibility index (Phi) is 12.1. The van der Waals surface area contributed by atoms with Crippen LogP contribution in [0.4, 0.5) is 0 Å². The lowest BCUT2D eigenvalue weighted by Crippen LogP contribution is -2.07. The van der Waals surface area contributed by atoms with Crippen molar-refractivity contribution in [1.29, 1.82) is 0 Å². The van der Waals surface area contributed by atoms with Gasteiger partial charge in [0.2, 0.25) is 0 Å². The highest BCUT2D eigenvalue weighted by atomic mass is 14.8. The fraction of sp³-hybridized carbons (Fsp3) is 0.867. The van der Waals surface area contributed by atoms with Crippen molar-refractivity contribution in [3.8, 4) is 0 Å². The average molecular weight is 236 g/mol. The normalized spacial score (nSPS) is 10.8. The molecule has 0 aliphatic carbocycles. The van der Waals surface area contributed by atoms with Gasteiger partial charge in [-0.3, -0.25) is 0 Å². The standard InChI is InChI=1S/C15H31BN/c1-14(2)10-7-8-12-16-15(3)11-6-5-9-13-17-4/h14,17H,3,5-13H2,1-2,4H3. The lowest BCUT2D eigenvalue weighted by atomic mass is 9.64. The Morgan fingerprint density at radius 2 is 1.88 bits per heavy atom. The third-order valence-corrected chi connectivity index (χ3v) is 3.09. The Morgan fingerprint density at radius 3 is 2.53 bits per heavy atom. The zero-order chi connectivity index (χ0) is 12.9. The molecule has 17 heavy (non-hydrogen) atoms. The molecule has 1 radical (unpaired) electrons. The van der Waals surface area contributed by atoms with Gasteiger partial charge >= 0.3 is 0 Å². The smallest absolute Gasteiger partial charge is 0.145 e. The molecule has 0 aromatic heterocycles. The van der Waals surface area contributed by atoms with Gasteiger partial charge in [0.15, 0.2) is 0 Å². The Labute approximate surface area is 110 Å². The van der Waals surface area contributed by atoms with Gasteiger partial charge in [-0.2, -0.15) is 0 Å². The van der Waals surface area contributed by atoms with Crippen molar-refractivity contribution in [2.24, 2.45) is 5.92 Å². The SMILES string of the molecule is C=C([B]CCCCC(C)C)CCCCCNC. The van der Waals surface area contributed by atoms with Crippen LogP contribution in [0.15, 0.2) is 12.1 Å². The van der Waals surface area contributed by atoms with E-state index < -0.39 is 0 Å². The molecule has 0 unspecified atom stereocenters. The summed E-state index contributed by atoms with van der Waals surface area (Å²) in [7, 11) is 4.36. The summed E-state index contributed by atoms with van der Waals surface area (Å²) in [5, 5.41) is 3.18. The van der Waals surface area contributed by atoms with E-state index in [9.17, 15) is 0 Å². The summed E-state index contributed by atoms with van der Waals surface area (Å²) in [5.41, 5.74) is 1.35. The van der Waals surface area contributed by atoms with Crippen LogP contribution in [0.1, 0.15) is 58.8 Å². The summed E-state index contributed by atoms with van der Waals surface area (Å²) in [5.74, 6) is 0.852.